The van der Waals surface area contributed by atoms with Crippen molar-refractivity contribution in [3.8, 4) is 0 Å². The predicted octanol–water partition coefficient (Wildman–Crippen LogP) is 0.276. The van der Waals surface area contributed by atoms with E-state index in [4.69, 9.17) is 5.73 Å². The zero-order chi connectivity index (χ0) is 11.4. The minimum absolute atomic E-state index is 0.185. The summed E-state index contributed by atoms with van der Waals surface area (Å²) in [5, 5.41) is 0. The molecule has 1 heterocycles. The van der Waals surface area contributed by atoms with Crippen molar-refractivity contribution in [2.75, 3.05) is 26.2 Å². The number of nitrogens with zero attached hydrogens (tertiary/aromatic N) is 2. The van der Waals surface area contributed by atoms with Crippen LogP contribution >= 0.6 is 0 Å². The molecule has 0 unspecified atom stereocenters. The van der Waals surface area contributed by atoms with Crippen molar-refractivity contribution in [3.05, 3.63) is 0 Å². The van der Waals surface area contributed by atoms with Crippen LogP contribution in [0.5, 0.6) is 0 Å². The second-order valence-corrected chi connectivity index (χ2v) is 4.55. The first kappa shape index (κ1) is 12.5. The zero-order valence-corrected chi connectivity index (χ0v) is 10.1. The van der Waals surface area contributed by atoms with Crippen molar-refractivity contribution in [1.82, 2.24) is 9.80 Å². The zero-order valence-electron chi connectivity index (χ0n) is 10.1. The molecular weight excluding hydrogens is 190 g/mol. The van der Waals surface area contributed by atoms with E-state index in [1.54, 1.807) is 6.92 Å². The Hall–Kier alpha value is -0.610. The summed E-state index contributed by atoms with van der Waals surface area (Å²) >= 11 is 0. The quantitative estimate of drug-likeness (QED) is 0.729. The van der Waals surface area contributed by atoms with Crippen LogP contribution in [0.4, 0.5) is 0 Å². The van der Waals surface area contributed by atoms with Crippen molar-refractivity contribution in [2.45, 2.75) is 39.3 Å². The van der Waals surface area contributed by atoms with Crippen LogP contribution < -0.4 is 5.73 Å². The topological polar surface area (TPSA) is 49.6 Å². The van der Waals surface area contributed by atoms with E-state index in [1.807, 2.05) is 4.90 Å². The molecule has 0 aromatic carbocycles. The molecule has 1 atom stereocenters. The van der Waals surface area contributed by atoms with Crippen LogP contribution in [-0.2, 0) is 4.79 Å². The van der Waals surface area contributed by atoms with E-state index in [-0.39, 0.29) is 5.91 Å². The molecule has 0 spiro atoms. The Morgan fingerprint density at radius 3 is 2.73 bits per heavy atom. The van der Waals surface area contributed by atoms with Gasteiger partial charge in [-0.05, 0) is 20.3 Å². The second-order valence-electron chi connectivity index (χ2n) is 4.55. The molecule has 1 fully saturated rings. The summed E-state index contributed by atoms with van der Waals surface area (Å²) in [6.45, 7) is 9.51. The summed E-state index contributed by atoms with van der Waals surface area (Å²) in [5.41, 5.74) is 5.53. The van der Waals surface area contributed by atoms with Gasteiger partial charge in [-0.1, -0.05) is 0 Å². The standard InChI is InChI=1S/C11H23N3O/c1-9(2)14(10(3)15)11-4-6-13(8-11)7-5-12/h9,11H,4-8,12H2,1-3H3/t11-/m1/s1. The largest absolute Gasteiger partial charge is 0.336 e. The molecule has 0 aromatic heterocycles. The van der Waals surface area contributed by atoms with E-state index >= 15 is 0 Å². The number of likely N-dealkylation sites (tertiary alicyclic amines) is 1. The van der Waals surface area contributed by atoms with E-state index in [9.17, 15) is 4.79 Å². The molecule has 1 saturated heterocycles. The third kappa shape index (κ3) is 3.18. The highest BCUT2D eigenvalue weighted by Gasteiger charge is 2.30. The third-order valence-electron chi connectivity index (χ3n) is 3.01. The van der Waals surface area contributed by atoms with Gasteiger partial charge in [-0.25, -0.2) is 0 Å². The third-order valence-corrected chi connectivity index (χ3v) is 3.01. The highest BCUT2D eigenvalue weighted by atomic mass is 16.2. The lowest BCUT2D eigenvalue weighted by Gasteiger charge is -2.31. The lowest BCUT2D eigenvalue weighted by molar-refractivity contribution is -0.132. The summed E-state index contributed by atoms with van der Waals surface area (Å²) in [6.07, 6.45) is 1.08. The number of hydrogen-bond acceptors (Lipinski definition) is 3. The maximum absolute atomic E-state index is 11.5. The van der Waals surface area contributed by atoms with Crippen molar-refractivity contribution in [2.24, 2.45) is 5.73 Å². The number of hydrogen-bond donors (Lipinski definition) is 1. The van der Waals surface area contributed by atoms with Gasteiger partial charge in [0.05, 0.1) is 0 Å². The second kappa shape index (κ2) is 5.47. The number of nitrogens with two attached hydrogens (primary N) is 1. The Kier molecular flexibility index (Phi) is 4.54. The average molecular weight is 213 g/mol. The number of carbonyl (C=O) groups excluding carboxylic acids is 1. The van der Waals surface area contributed by atoms with Gasteiger partial charge in [0.15, 0.2) is 0 Å². The highest BCUT2D eigenvalue weighted by Crippen LogP contribution is 2.17. The minimum atomic E-state index is 0.185. The van der Waals surface area contributed by atoms with Crippen LogP contribution in [-0.4, -0.2) is 54.0 Å². The van der Waals surface area contributed by atoms with Gasteiger partial charge in [0.25, 0.3) is 0 Å². The maximum atomic E-state index is 11.5. The molecule has 0 radical (unpaired) electrons. The fourth-order valence-corrected chi connectivity index (χ4v) is 2.47. The molecule has 0 bridgehead atoms. The number of rotatable bonds is 4. The molecule has 0 aliphatic carbocycles. The van der Waals surface area contributed by atoms with Crippen LogP contribution in [0.3, 0.4) is 0 Å². The van der Waals surface area contributed by atoms with Gasteiger partial charge in [-0.2, -0.15) is 0 Å². The normalized spacial score (nSPS) is 22.3. The highest BCUT2D eigenvalue weighted by molar-refractivity contribution is 5.74. The van der Waals surface area contributed by atoms with Crippen molar-refractivity contribution in [3.63, 3.8) is 0 Å². The van der Waals surface area contributed by atoms with Gasteiger partial charge < -0.3 is 10.6 Å². The summed E-state index contributed by atoms with van der Waals surface area (Å²) in [5.74, 6) is 0.185. The fraction of sp³-hybridized carbons (Fsp3) is 0.909. The van der Waals surface area contributed by atoms with Crippen LogP contribution in [0.2, 0.25) is 0 Å². The first-order chi connectivity index (χ1) is 7.06. The Labute approximate surface area is 92.4 Å². The van der Waals surface area contributed by atoms with Crippen molar-refractivity contribution >= 4 is 5.91 Å². The van der Waals surface area contributed by atoms with E-state index in [2.05, 4.69) is 18.7 Å². The smallest absolute Gasteiger partial charge is 0.219 e. The Bertz CT molecular complexity index is 218. The first-order valence-corrected chi connectivity index (χ1v) is 5.77. The fourth-order valence-electron chi connectivity index (χ4n) is 2.47. The molecule has 15 heavy (non-hydrogen) atoms. The molecule has 88 valence electrons. The van der Waals surface area contributed by atoms with Crippen LogP contribution in [0.25, 0.3) is 0 Å². The molecule has 0 aromatic rings. The summed E-state index contributed by atoms with van der Waals surface area (Å²) in [6, 6.07) is 0.680. The van der Waals surface area contributed by atoms with Gasteiger partial charge in [-0.15, -0.1) is 0 Å². The molecule has 1 aliphatic rings. The predicted molar refractivity (Wildman–Crippen MR) is 61.6 cm³/mol. The van der Waals surface area contributed by atoms with Crippen LogP contribution in [0.1, 0.15) is 27.2 Å². The van der Waals surface area contributed by atoms with Gasteiger partial charge in [-0.3, -0.25) is 9.69 Å². The van der Waals surface area contributed by atoms with Crippen LogP contribution in [0, 0.1) is 0 Å². The SMILES string of the molecule is CC(=O)N(C(C)C)[C@@H]1CCN(CCN)C1. The van der Waals surface area contributed by atoms with Crippen LogP contribution in [0.15, 0.2) is 0 Å². The monoisotopic (exact) mass is 213 g/mol. The van der Waals surface area contributed by atoms with Gasteiger partial charge >= 0.3 is 0 Å². The molecular formula is C11H23N3O. The summed E-state index contributed by atoms with van der Waals surface area (Å²) < 4.78 is 0. The van der Waals surface area contributed by atoms with E-state index < -0.39 is 0 Å². The number of amides is 1. The molecule has 4 heteroatoms. The number of carbonyl (C=O) groups is 1. The average Bonchev–Trinajstić information content (AvgIpc) is 2.52. The lowest BCUT2D eigenvalue weighted by Crippen LogP contribution is -2.45. The molecule has 1 amide bonds. The maximum Gasteiger partial charge on any atom is 0.219 e. The molecule has 0 saturated carbocycles. The lowest BCUT2D eigenvalue weighted by atomic mass is 10.1. The molecule has 4 nitrogen and oxygen atoms in total. The molecule has 1 rings (SSSR count). The molecule has 1 aliphatic heterocycles. The van der Waals surface area contributed by atoms with Gasteiger partial charge in [0.2, 0.25) is 5.91 Å². The van der Waals surface area contributed by atoms with E-state index in [0.29, 0.717) is 18.6 Å². The van der Waals surface area contributed by atoms with Crippen molar-refractivity contribution < 1.29 is 4.79 Å². The Morgan fingerprint density at radius 2 is 2.27 bits per heavy atom. The van der Waals surface area contributed by atoms with E-state index in [0.717, 1.165) is 26.1 Å². The first-order valence-electron chi connectivity index (χ1n) is 5.77. The minimum Gasteiger partial charge on any atom is -0.336 e. The molecule has 2 N–H and O–H groups in total. The van der Waals surface area contributed by atoms with E-state index in [1.165, 1.54) is 0 Å². The summed E-state index contributed by atoms with van der Waals surface area (Å²) in [7, 11) is 0. The summed E-state index contributed by atoms with van der Waals surface area (Å²) in [4.78, 5) is 15.9. The van der Waals surface area contributed by atoms with Gasteiger partial charge in [0.1, 0.15) is 0 Å². The van der Waals surface area contributed by atoms with Crippen molar-refractivity contribution in [1.29, 1.82) is 0 Å². The van der Waals surface area contributed by atoms with Gasteiger partial charge in [0, 0.05) is 45.2 Å². The Morgan fingerprint density at radius 1 is 1.60 bits per heavy atom. The Balaban J connectivity index is 2.53.